The van der Waals surface area contributed by atoms with Crippen LogP contribution in [0.5, 0.6) is 0 Å². The van der Waals surface area contributed by atoms with Gasteiger partial charge in [0.25, 0.3) is 0 Å². The van der Waals surface area contributed by atoms with Gasteiger partial charge in [0, 0.05) is 23.3 Å². The highest BCUT2D eigenvalue weighted by atomic mass is 35.5. The zero-order chi connectivity index (χ0) is 12.1. The zero-order valence-electron chi connectivity index (χ0n) is 9.65. The van der Waals surface area contributed by atoms with Crippen LogP contribution in [0.4, 0.5) is 5.82 Å². The summed E-state index contributed by atoms with van der Waals surface area (Å²) in [5.74, 6) is 0.844. The van der Waals surface area contributed by atoms with Crippen molar-refractivity contribution in [3.63, 3.8) is 0 Å². The van der Waals surface area contributed by atoms with Crippen LogP contribution in [0.1, 0.15) is 18.2 Å². The fraction of sp³-hybridized carbons (Fsp3) is 0.231. The minimum Gasteiger partial charge on any atom is -0.366 e. The Balaban J connectivity index is 2.02. The molecule has 0 bridgehead atoms. The lowest BCUT2D eigenvalue weighted by Gasteiger charge is -2.06. The molecule has 0 aliphatic heterocycles. The molecule has 0 atom stereocenters. The van der Waals surface area contributed by atoms with Gasteiger partial charge in [-0.3, -0.25) is 0 Å². The highest BCUT2D eigenvalue weighted by Crippen LogP contribution is 2.12. The maximum absolute atomic E-state index is 5.92. The Morgan fingerprint density at radius 3 is 2.88 bits per heavy atom. The number of benzene rings is 1. The number of rotatable bonds is 4. The molecule has 88 valence electrons. The van der Waals surface area contributed by atoms with E-state index < -0.39 is 0 Å². The molecule has 3 nitrogen and oxygen atoms in total. The minimum atomic E-state index is 0.709. The number of aryl methyl sites for hydroxylation is 1. The number of halogens is 1. The normalized spacial score (nSPS) is 10.2. The standard InChI is InChI=1S/C13H14ClN3/c1-2-12-7-13(17-9-16-12)15-8-10-4-3-5-11(14)6-10/h3-7,9H,2,8H2,1H3,(H,15,16,17). The van der Waals surface area contributed by atoms with E-state index in [1.54, 1.807) is 6.33 Å². The van der Waals surface area contributed by atoms with Gasteiger partial charge in [0.05, 0.1) is 0 Å². The van der Waals surface area contributed by atoms with Crippen LogP contribution in [-0.2, 0) is 13.0 Å². The second-order valence-corrected chi connectivity index (χ2v) is 4.17. The maximum atomic E-state index is 5.92. The summed E-state index contributed by atoms with van der Waals surface area (Å²) < 4.78 is 0. The van der Waals surface area contributed by atoms with Crippen molar-refractivity contribution in [3.05, 3.63) is 52.9 Å². The van der Waals surface area contributed by atoms with Gasteiger partial charge in [-0.2, -0.15) is 0 Å². The van der Waals surface area contributed by atoms with E-state index in [1.165, 1.54) is 0 Å². The third-order valence-electron chi connectivity index (χ3n) is 2.45. The molecule has 1 heterocycles. The van der Waals surface area contributed by atoms with Crippen molar-refractivity contribution >= 4 is 17.4 Å². The summed E-state index contributed by atoms with van der Waals surface area (Å²) in [7, 11) is 0. The first kappa shape index (κ1) is 11.9. The zero-order valence-corrected chi connectivity index (χ0v) is 10.4. The fourth-order valence-corrected chi connectivity index (χ4v) is 1.74. The number of hydrogen-bond donors (Lipinski definition) is 1. The molecule has 0 saturated heterocycles. The molecule has 1 aromatic carbocycles. The van der Waals surface area contributed by atoms with Gasteiger partial charge < -0.3 is 5.32 Å². The first-order chi connectivity index (χ1) is 8.28. The van der Waals surface area contributed by atoms with Crippen LogP contribution >= 0.6 is 11.6 Å². The number of nitrogens with zero attached hydrogens (tertiary/aromatic N) is 2. The Kier molecular flexibility index (Phi) is 3.94. The van der Waals surface area contributed by atoms with Crippen molar-refractivity contribution in [2.24, 2.45) is 0 Å². The van der Waals surface area contributed by atoms with Crippen molar-refractivity contribution in [3.8, 4) is 0 Å². The SMILES string of the molecule is CCc1cc(NCc2cccc(Cl)c2)ncn1. The molecule has 0 unspecified atom stereocenters. The van der Waals surface area contributed by atoms with E-state index in [0.717, 1.165) is 28.5 Å². The number of anilines is 1. The lowest BCUT2D eigenvalue weighted by atomic mass is 10.2. The highest BCUT2D eigenvalue weighted by Gasteiger charge is 1.98. The molecule has 4 heteroatoms. The lowest BCUT2D eigenvalue weighted by molar-refractivity contribution is 0.987. The first-order valence-corrected chi connectivity index (χ1v) is 5.95. The molecule has 0 amide bonds. The molecule has 0 spiro atoms. The van der Waals surface area contributed by atoms with Crippen LogP contribution in [0, 0.1) is 0 Å². The average molecular weight is 248 g/mol. The van der Waals surface area contributed by atoms with Gasteiger partial charge in [-0.1, -0.05) is 30.7 Å². The van der Waals surface area contributed by atoms with Crippen LogP contribution < -0.4 is 5.32 Å². The minimum absolute atomic E-state index is 0.709. The second kappa shape index (κ2) is 5.64. The molecule has 0 radical (unpaired) electrons. The Labute approximate surface area is 106 Å². The molecule has 1 aromatic heterocycles. The molecule has 1 N–H and O–H groups in total. The summed E-state index contributed by atoms with van der Waals surface area (Å²) in [6.45, 7) is 2.78. The van der Waals surface area contributed by atoms with Crippen molar-refractivity contribution in [1.82, 2.24) is 9.97 Å². The molecule has 0 saturated carbocycles. The summed E-state index contributed by atoms with van der Waals surface area (Å²) in [5.41, 5.74) is 2.17. The fourth-order valence-electron chi connectivity index (χ4n) is 1.53. The molecule has 2 rings (SSSR count). The van der Waals surface area contributed by atoms with Crippen molar-refractivity contribution in [2.75, 3.05) is 5.32 Å². The Hall–Kier alpha value is -1.61. The van der Waals surface area contributed by atoms with Gasteiger partial charge in [0.2, 0.25) is 0 Å². The summed E-state index contributed by atoms with van der Waals surface area (Å²) >= 11 is 5.92. The number of nitrogens with one attached hydrogen (secondary N) is 1. The predicted molar refractivity (Wildman–Crippen MR) is 70.2 cm³/mol. The smallest absolute Gasteiger partial charge is 0.129 e. The Morgan fingerprint density at radius 1 is 1.24 bits per heavy atom. The molecule has 2 aromatic rings. The summed E-state index contributed by atoms with van der Waals surface area (Å²) in [6, 6.07) is 9.74. The third-order valence-corrected chi connectivity index (χ3v) is 2.68. The van der Waals surface area contributed by atoms with Crippen LogP contribution in [0.15, 0.2) is 36.7 Å². The Bertz CT molecular complexity index is 500. The van der Waals surface area contributed by atoms with Crippen LogP contribution in [0.2, 0.25) is 5.02 Å². The largest absolute Gasteiger partial charge is 0.366 e. The van der Waals surface area contributed by atoms with Crippen molar-refractivity contribution in [1.29, 1.82) is 0 Å². The van der Waals surface area contributed by atoms with Gasteiger partial charge in [-0.25, -0.2) is 9.97 Å². The van der Waals surface area contributed by atoms with Crippen molar-refractivity contribution < 1.29 is 0 Å². The second-order valence-electron chi connectivity index (χ2n) is 3.73. The van der Waals surface area contributed by atoms with E-state index in [0.29, 0.717) is 6.54 Å². The van der Waals surface area contributed by atoms with Crippen LogP contribution in [0.25, 0.3) is 0 Å². The molecule has 17 heavy (non-hydrogen) atoms. The lowest BCUT2D eigenvalue weighted by Crippen LogP contribution is -2.02. The topological polar surface area (TPSA) is 37.8 Å². The summed E-state index contributed by atoms with van der Waals surface area (Å²) in [5, 5.41) is 4.00. The van der Waals surface area contributed by atoms with Crippen LogP contribution in [0.3, 0.4) is 0 Å². The molecule has 0 aliphatic rings. The maximum Gasteiger partial charge on any atom is 0.129 e. The number of aromatic nitrogens is 2. The first-order valence-electron chi connectivity index (χ1n) is 5.57. The van der Waals surface area contributed by atoms with Gasteiger partial charge in [-0.05, 0) is 24.1 Å². The molecular formula is C13H14ClN3. The highest BCUT2D eigenvalue weighted by molar-refractivity contribution is 6.30. The average Bonchev–Trinajstić information content (AvgIpc) is 2.37. The summed E-state index contributed by atoms with van der Waals surface area (Å²) in [4.78, 5) is 8.32. The predicted octanol–water partition coefficient (Wildman–Crippen LogP) is 3.30. The van der Waals surface area contributed by atoms with Gasteiger partial charge in [0.1, 0.15) is 12.1 Å². The Morgan fingerprint density at radius 2 is 2.12 bits per heavy atom. The van der Waals surface area contributed by atoms with E-state index >= 15 is 0 Å². The third kappa shape index (κ3) is 3.43. The van der Waals surface area contributed by atoms with Gasteiger partial charge in [-0.15, -0.1) is 0 Å². The van der Waals surface area contributed by atoms with Gasteiger partial charge in [0.15, 0.2) is 0 Å². The number of hydrogen-bond acceptors (Lipinski definition) is 3. The molecule has 0 fully saturated rings. The molecular weight excluding hydrogens is 234 g/mol. The van der Waals surface area contributed by atoms with E-state index in [9.17, 15) is 0 Å². The summed E-state index contributed by atoms with van der Waals surface area (Å²) in [6.07, 6.45) is 2.49. The quantitative estimate of drug-likeness (QED) is 0.901. The van der Waals surface area contributed by atoms with E-state index in [2.05, 4.69) is 22.2 Å². The van der Waals surface area contributed by atoms with Crippen molar-refractivity contribution in [2.45, 2.75) is 19.9 Å². The van der Waals surface area contributed by atoms with Gasteiger partial charge >= 0.3 is 0 Å². The van der Waals surface area contributed by atoms with Crippen LogP contribution in [-0.4, -0.2) is 9.97 Å². The molecule has 0 aliphatic carbocycles. The van der Waals surface area contributed by atoms with E-state index in [-0.39, 0.29) is 0 Å². The van der Waals surface area contributed by atoms with E-state index in [4.69, 9.17) is 11.6 Å². The van der Waals surface area contributed by atoms with E-state index in [1.807, 2.05) is 30.3 Å². The monoisotopic (exact) mass is 247 g/mol.